The van der Waals surface area contributed by atoms with Gasteiger partial charge in [0.1, 0.15) is 16.7 Å². The quantitative estimate of drug-likeness (QED) is 0.633. The molecule has 0 aliphatic heterocycles. The average Bonchev–Trinajstić information content (AvgIpc) is 2.88. The standard InChI is InChI=1S/C10H10N6/c1-6-9-10(8(11)2-3-12-9)15-16(6)7-4-13-14-5-7/h2-5H,11H2,1H3,(H,13,14). The predicted molar refractivity (Wildman–Crippen MR) is 60.2 cm³/mol. The van der Waals surface area contributed by atoms with Crippen molar-refractivity contribution >= 4 is 16.7 Å². The fraction of sp³-hybridized carbons (Fsp3) is 0.100. The molecule has 6 nitrogen and oxygen atoms in total. The van der Waals surface area contributed by atoms with Gasteiger partial charge in [-0.05, 0) is 13.0 Å². The largest absolute Gasteiger partial charge is 0.397 e. The second-order valence-corrected chi connectivity index (χ2v) is 3.55. The van der Waals surface area contributed by atoms with E-state index in [4.69, 9.17) is 5.73 Å². The molecule has 0 aromatic carbocycles. The summed E-state index contributed by atoms with van der Waals surface area (Å²) in [6, 6.07) is 1.74. The lowest BCUT2D eigenvalue weighted by molar-refractivity contribution is 0.861. The van der Waals surface area contributed by atoms with Crippen LogP contribution in [0, 0.1) is 6.92 Å². The van der Waals surface area contributed by atoms with Gasteiger partial charge in [0.05, 0.1) is 17.6 Å². The number of fused-ring (bicyclic) bond motifs is 1. The van der Waals surface area contributed by atoms with Crippen LogP contribution in [0.25, 0.3) is 16.7 Å². The van der Waals surface area contributed by atoms with Gasteiger partial charge in [-0.3, -0.25) is 10.1 Å². The van der Waals surface area contributed by atoms with Gasteiger partial charge < -0.3 is 5.73 Å². The predicted octanol–water partition coefficient (Wildman–Crippen LogP) is 1.03. The topological polar surface area (TPSA) is 85.4 Å². The molecule has 0 atom stereocenters. The summed E-state index contributed by atoms with van der Waals surface area (Å²) in [5, 5.41) is 11.1. The molecule has 6 heteroatoms. The van der Waals surface area contributed by atoms with Crippen molar-refractivity contribution < 1.29 is 0 Å². The smallest absolute Gasteiger partial charge is 0.134 e. The molecule has 0 bridgehead atoms. The summed E-state index contributed by atoms with van der Waals surface area (Å²) in [4.78, 5) is 4.28. The molecule has 16 heavy (non-hydrogen) atoms. The monoisotopic (exact) mass is 214 g/mol. The number of H-pyrrole nitrogens is 1. The number of nitrogens with zero attached hydrogens (tertiary/aromatic N) is 4. The summed E-state index contributed by atoms with van der Waals surface area (Å²) in [6.07, 6.45) is 5.16. The number of nitrogen functional groups attached to an aromatic ring is 1. The van der Waals surface area contributed by atoms with E-state index < -0.39 is 0 Å². The zero-order valence-corrected chi connectivity index (χ0v) is 8.68. The molecular formula is C10H10N6. The Labute approximate surface area is 91.1 Å². The Kier molecular flexibility index (Phi) is 1.70. The third kappa shape index (κ3) is 1.10. The first-order chi connectivity index (χ1) is 7.77. The Morgan fingerprint density at radius 1 is 1.38 bits per heavy atom. The van der Waals surface area contributed by atoms with Gasteiger partial charge in [-0.1, -0.05) is 0 Å². The average molecular weight is 214 g/mol. The number of aromatic amines is 1. The first-order valence-electron chi connectivity index (χ1n) is 4.86. The van der Waals surface area contributed by atoms with Crippen molar-refractivity contribution in [2.24, 2.45) is 0 Å². The molecule has 3 heterocycles. The molecule has 3 aromatic rings. The minimum atomic E-state index is 0.635. The molecule has 0 aliphatic carbocycles. The van der Waals surface area contributed by atoms with E-state index in [1.165, 1.54) is 0 Å². The van der Waals surface area contributed by atoms with Crippen LogP contribution in [0.2, 0.25) is 0 Å². The second kappa shape index (κ2) is 3.06. The van der Waals surface area contributed by atoms with Gasteiger partial charge in [-0.15, -0.1) is 0 Å². The van der Waals surface area contributed by atoms with Gasteiger partial charge in [0.2, 0.25) is 0 Å². The van der Waals surface area contributed by atoms with Gasteiger partial charge in [-0.2, -0.15) is 10.2 Å². The van der Waals surface area contributed by atoms with E-state index >= 15 is 0 Å². The first kappa shape index (κ1) is 8.90. The summed E-state index contributed by atoms with van der Waals surface area (Å²) in [6.45, 7) is 1.95. The maximum atomic E-state index is 5.85. The van der Waals surface area contributed by atoms with Crippen LogP contribution in [0.1, 0.15) is 5.69 Å². The van der Waals surface area contributed by atoms with E-state index in [1.807, 2.05) is 6.92 Å². The highest BCUT2D eigenvalue weighted by molar-refractivity contribution is 5.88. The second-order valence-electron chi connectivity index (χ2n) is 3.55. The van der Waals surface area contributed by atoms with E-state index in [1.54, 1.807) is 29.3 Å². The SMILES string of the molecule is Cc1c2nccc(N)c2nn1-c1cn[nH]c1. The van der Waals surface area contributed by atoms with Crippen molar-refractivity contribution in [3.63, 3.8) is 0 Å². The number of rotatable bonds is 1. The Balaban J connectivity index is 2.36. The highest BCUT2D eigenvalue weighted by Gasteiger charge is 2.12. The minimum absolute atomic E-state index is 0.635. The molecule has 3 rings (SSSR count). The number of hydrogen-bond donors (Lipinski definition) is 2. The summed E-state index contributed by atoms with van der Waals surface area (Å²) in [5.41, 5.74) is 9.85. The normalized spacial score (nSPS) is 11.1. The molecule has 0 saturated carbocycles. The number of aromatic nitrogens is 5. The highest BCUT2D eigenvalue weighted by Crippen LogP contribution is 2.22. The Morgan fingerprint density at radius 3 is 2.94 bits per heavy atom. The van der Waals surface area contributed by atoms with E-state index in [-0.39, 0.29) is 0 Å². The molecular weight excluding hydrogens is 204 g/mol. The maximum absolute atomic E-state index is 5.85. The molecule has 3 N–H and O–H groups in total. The first-order valence-corrected chi connectivity index (χ1v) is 4.86. The lowest BCUT2D eigenvalue weighted by Gasteiger charge is -1.97. The fourth-order valence-electron chi connectivity index (χ4n) is 1.73. The summed E-state index contributed by atoms with van der Waals surface area (Å²) >= 11 is 0. The van der Waals surface area contributed by atoms with Crippen LogP contribution in [0.4, 0.5) is 5.69 Å². The van der Waals surface area contributed by atoms with Crippen LogP contribution in [-0.4, -0.2) is 25.0 Å². The number of hydrogen-bond acceptors (Lipinski definition) is 4. The molecule has 80 valence electrons. The van der Waals surface area contributed by atoms with Crippen LogP contribution in [0.3, 0.4) is 0 Å². The molecule has 0 unspecified atom stereocenters. The zero-order chi connectivity index (χ0) is 11.1. The lowest BCUT2D eigenvalue weighted by atomic mass is 10.3. The Hall–Kier alpha value is -2.37. The van der Waals surface area contributed by atoms with E-state index in [0.717, 1.165) is 22.4 Å². The molecule has 0 radical (unpaired) electrons. The summed E-state index contributed by atoms with van der Waals surface area (Å²) in [7, 11) is 0. The van der Waals surface area contributed by atoms with Crippen molar-refractivity contribution in [3.8, 4) is 5.69 Å². The van der Waals surface area contributed by atoms with Gasteiger partial charge in [-0.25, -0.2) is 4.68 Å². The fourth-order valence-corrected chi connectivity index (χ4v) is 1.73. The summed E-state index contributed by atoms with van der Waals surface area (Å²) < 4.78 is 1.78. The molecule has 0 aliphatic rings. The molecule has 0 spiro atoms. The van der Waals surface area contributed by atoms with Gasteiger partial charge >= 0.3 is 0 Å². The highest BCUT2D eigenvalue weighted by atomic mass is 15.3. The van der Waals surface area contributed by atoms with E-state index in [9.17, 15) is 0 Å². The van der Waals surface area contributed by atoms with Crippen molar-refractivity contribution in [2.75, 3.05) is 5.73 Å². The molecule has 3 aromatic heterocycles. The molecule has 0 fully saturated rings. The number of nitrogens with two attached hydrogens (primary N) is 1. The van der Waals surface area contributed by atoms with Crippen LogP contribution >= 0.6 is 0 Å². The van der Waals surface area contributed by atoms with E-state index in [0.29, 0.717) is 5.69 Å². The van der Waals surface area contributed by atoms with Crippen molar-refractivity contribution in [1.82, 2.24) is 25.0 Å². The summed E-state index contributed by atoms with van der Waals surface area (Å²) in [5.74, 6) is 0. The van der Waals surface area contributed by atoms with E-state index in [2.05, 4.69) is 20.3 Å². The Bertz CT molecular complexity index is 637. The van der Waals surface area contributed by atoms with Gasteiger partial charge in [0.15, 0.2) is 0 Å². The van der Waals surface area contributed by atoms with Gasteiger partial charge in [0, 0.05) is 12.4 Å². The van der Waals surface area contributed by atoms with Crippen LogP contribution in [-0.2, 0) is 0 Å². The van der Waals surface area contributed by atoms with Crippen LogP contribution in [0.5, 0.6) is 0 Å². The maximum Gasteiger partial charge on any atom is 0.134 e. The van der Waals surface area contributed by atoms with Crippen molar-refractivity contribution in [3.05, 3.63) is 30.4 Å². The van der Waals surface area contributed by atoms with Gasteiger partial charge in [0.25, 0.3) is 0 Å². The lowest BCUT2D eigenvalue weighted by Crippen LogP contribution is -1.96. The molecule has 0 saturated heterocycles. The third-order valence-electron chi connectivity index (χ3n) is 2.54. The zero-order valence-electron chi connectivity index (χ0n) is 8.68. The number of aryl methyl sites for hydroxylation is 1. The van der Waals surface area contributed by atoms with Crippen LogP contribution in [0.15, 0.2) is 24.7 Å². The minimum Gasteiger partial charge on any atom is -0.397 e. The number of nitrogens with one attached hydrogen (secondary N) is 1. The number of pyridine rings is 1. The molecule has 0 amide bonds. The number of anilines is 1. The van der Waals surface area contributed by atoms with Crippen molar-refractivity contribution in [1.29, 1.82) is 0 Å². The van der Waals surface area contributed by atoms with Crippen LogP contribution < -0.4 is 5.73 Å². The third-order valence-corrected chi connectivity index (χ3v) is 2.54. The Morgan fingerprint density at radius 2 is 2.25 bits per heavy atom. The van der Waals surface area contributed by atoms with Crippen molar-refractivity contribution in [2.45, 2.75) is 6.92 Å².